The number of ether oxygens (including phenoxy) is 1. The Morgan fingerprint density at radius 1 is 1.25 bits per heavy atom. The van der Waals surface area contributed by atoms with E-state index in [1.165, 1.54) is 0 Å². The molecule has 0 saturated carbocycles. The van der Waals surface area contributed by atoms with Crippen molar-refractivity contribution in [2.24, 2.45) is 0 Å². The lowest BCUT2D eigenvalue weighted by Gasteiger charge is -2.13. The predicted molar refractivity (Wildman–Crippen MR) is 77.7 cm³/mol. The lowest BCUT2D eigenvalue weighted by molar-refractivity contribution is 0.364. The molecule has 2 aromatic rings. The van der Waals surface area contributed by atoms with Crippen LogP contribution in [0.25, 0.3) is 0 Å². The number of hydrogen-bond donors (Lipinski definition) is 2. The first kappa shape index (κ1) is 13.8. The van der Waals surface area contributed by atoms with Gasteiger partial charge < -0.3 is 15.2 Å². The molecule has 2 rings (SSSR count). The molecule has 20 heavy (non-hydrogen) atoms. The summed E-state index contributed by atoms with van der Waals surface area (Å²) in [6, 6.07) is 14.8. The lowest BCUT2D eigenvalue weighted by atomic mass is 10.1. The quantitative estimate of drug-likeness (QED) is 0.817. The standard InChI is InChI=1S/C16H16N2O2/c1-12-10-14(19)6-7-15(12)18-11-13-4-2-3-5-16(13)20-9-8-17/h2-7,10,18-19H,9,11H2,1H3. The highest BCUT2D eigenvalue weighted by molar-refractivity contribution is 5.54. The third-order valence-corrected chi connectivity index (χ3v) is 2.94. The van der Waals surface area contributed by atoms with Gasteiger partial charge in [0, 0.05) is 17.8 Å². The molecule has 0 spiro atoms. The Kier molecular flexibility index (Phi) is 4.46. The van der Waals surface area contributed by atoms with E-state index in [0.29, 0.717) is 12.3 Å². The van der Waals surface area contributed by atoms with E-state index in [4.69, 9.17) is 10.00 Å². The normalized spacial score (nSPS) is 9.80. The van der Waals surface area contributed by atoms with Crippen LogP contribution in [0.3, 0.4) is 0 Å². The van der Waals surface area contributed by atoms with E-state index in [-0.39, 0.29) is 12.4 Å². The predicted octanol–water partition coefficient (Wildman–Crippen LogP) is 3.22. The third kappa shape index (κ3) is 3.42. The van der Waals surface area contributed by atoms with Gasteiger partial charge in [-0.25, -0.2) is 0 Å². The number of aryl methyl sites for hydroxylation is 1. The first-order valence-corrected chi connectivity index (χ1v) is 6.32. The van der Waals surface area contributed by atoms with Crippen LogP contribution in [0.15, 0.2) is 42.5 Å². The van der Waals surface area contributed by atoms with Gasteiger partial charge in [0.05, 0.1) is 0 Å². The number of benzene rings is 2. The molecule has 0 radical (unpaired) electrons. The van der Waals surface area contributed by atoms with Crippen molar-refractivity contribution in [1.29, 1.82) is 5.26 Å². The Labute approximate surface area is 118 Å². The maximum absolute atomic E-state index is 9.39. The van der Waals surface area contributed by atoms with Crippen LogP contribution < -0.4 is 10.1 Å². The summed E-state index contributed by atoms with van der Waals surface area (Å²) in [5.41, 5.74) is 2.91. The molecule has 0 fully saturated rings. The van der Waals surface area contributed by atoms with Crippen LogP contribution in [0.2, 0.25) is 0 Å². The van der Waals surface area contributed by atoms with Gasteiger partial charge in [-0.1, -0.05) is 18.2 Å². The molecule has 0 amide bonds. The number of nitrogens with zero attached hydrogens (tertiary/aromatic N) is 1. The van der Waals surface area contributed by atoms with E-state index in [2.05, 4.69) is 5.32 Å². The largest absolute Gasteiger partial charge is 0.508 e. The molecule has 0 aliphatic carbocycles. The number of phenolic OH excluding ortho intramolecular Hbond substituents is 1. The van der Waals surface area contributed by atoms with Crippen LogP contribution in [0.4, 0.5) is 5.69 Å². The van der Waals surface area contributed by atoms with Gasteiger partial charge in [-0.15, -0.1) is 0 Å². The summed E-state index contributed by atoms with van der Waals surface area (Å²) in [7, 11) is 0. The average Bonchev–Trinajstić information content (AvgIpc) is 2.45. The summed E-state index contributed by atoms with van der Waals surface area (Å²) in [6.07, 6.45) is 0. The number of phenols is 1. The Balaban J connectivity index is 2.09. The minimum atomic E-state index is 0.0370. The van der Waals surface area contributed by atoms with Crippen LogP contribution in [0.5, 0.6) is 11.5 Å². The SMILES string of the molecule is Cc1cc(O)ccc1NCc1ccccc1OCC#N. The molecule has 4 nitrogen and oxygen atoms in total. The van der Waals surface area contributed by atoms with E-state index in [0.717, 1.165) is 16.8 Å². The molecule has 2 aromatic carbocycles. The molecule has 0 aliphatic rings. The number of nitrogens with one attached hydrogen (secondary N) is 1. The van der Waals surface area contributed by atoms with Crippen molar-refractivity contribution in [3.63, 3.8) is 0 Å². The highest BCUT2D eigenvalue weighted by Gasteiger charge is 2.04. The van der Waals surface area contributed by atoms with Crippen molar-refractivity contribution in [3.8, 4) is 17.6 Å². The zero-order chi connectivity index (χ0) is 14.4. The molecule has 0 heterocycles. The number of nitriles is 1. The van der Waals surface area contributed by atoms with Gasteiger partial charge in [0.1, 0.15) is 17.6 Å². The molecule has 0 saturated heterocycles. The van der Waals surface area contributed by atoms with Crippen molar-refractivity contribution in [1.82, 2.24) is 0 Å². The average molecular weight is 268 g/mol. The van der Waals surface area contributed by atoms with Gasteiger partial charge in [0.15, 0.2) is 6.61 Å². The monoisotopic (exact) mass is 268 g/mol. The summed E-state index contributed by atoms with van der Waals surface area (Å²) in [5, 5.41) is 21.3. The van der Waals surface area contributed by atoms with Crippen molar-refractivity contribution in [3.05, 3.63) is 53.6 Å². The summed E-state index contributed by atoms with van der Waals surface area (Å²) in [5.74, 6) is 0.962. The second-order valence-corrected chi connectivity index (χ2v) is 4.41. The third-order valence-electron chi connectivity index (χ3n) is 2.94. The van der Waals surface area contributed by atoms with Gasteiger partial charge >= 0.3 is 0 Å². The van der Waals surface area contributed by atoms with Crippen LogP contribution in [0.1, 0.15) is 11.1 Å². The highest BCUT2D eigenvalue weighted by atomic mass is 16.5. The van der Waals surface area contributed by atoms with Crippen molar-refractivity contribution >= 4 is 5.69 Å². The van der Waals surface area contributed by atoms with Crippen LogP contribution >= 0.6 is 0 Å². The smallest absolute Gasteiger partial charge is 0.174 e. The summed E-state index contributed by atoms with van der Waals surface area (Å²) < 4.78 is 5.38. The Morgan fingerprint density at radius 2 is 2.05 bits per heavy atom. The topological polar surface area (TPSA) is 65.3 Å². The zero-order valence-electron chi connectivity index (χ0n) is 11.3. The molecule has 0 bridgehead atoms. The number of anilines is 1. The van der Waals surface area contributed by atoms with Crippen LogP contribution in [0, 0.1) is 18.3 Å². The Bertz CT molecular complexity index is 633. The lowest BCUT2D eigenvalue weighted by Crippen LogP contribution is -2.04. The number of aromatic hydroxyl groups is 1. The van der Waals surface area contributed by atoms with Crippen molar-refractivity contribution in [2.75, 3.05) is 11.9 Å². The first-order chi connectivity index (χ1) is 9.70. The first-order valence-electron chi connectivity index (χ1n) is 6.32. The molecule has 0 aliphatic heterocycles. The fourth-order valence-electron chi connectivity index (χ4n) is 1.94. The number of hydrogen-bond acceptors (Lipinski definition) is 4. The van der Waals surface area contributed by atoms with E-state index < -0.39 is 0 Å². The van der Waals surface area contributed by atoms with E-state index in [1.54, 1.807) is 12.1 Å². The summed E-state index contributed by atoms with van der Waals surface area (Å²) >= 11 is 0. The Morgan fingerprint density at radius 3 is 2.80 bits per heavy atom. The molecule has 0 unspecified atom stereocenters. The van der Waals surface area contributed by atoms with Gasteiger partial charge in [-0.3, -0.25) is 0 Å². The summed E-state index contributed by atoms with van der Waals surface area (Å²) in [4.78, 5) is 0. The fourth-order valence-corrected chi connectivity index (χ4v) is 1.94. The minimum absolute atomic E-state index is 0.0370. The molecule has 0 atom stereocenters. The van der Waals surface area contributed by atoms with Gasteiger partial charge in [-0.2, -0.15) is 5.26 Å². The van der Waals surface area contributed by atoms with Gasteiger partial charge in [-0.05, 0) is 36.8 Å². The van der Waals surface area contributed by atoms with E-state index in [9.17, 15) is 5.11 Å². The molecular formula is C16H16N2O2. The molecule has 4 heteroatoms. The van der Waals surface area contributed by atoms with Crippen molar-refractivity contribution in [2.45, 2.75) is 13.5 Å². The van der Waals surface area contributed by atoms with E-state index in [1.807, 2.05) is 43.3 Å². The van der Waals surface area contributed by atoms with Crippen LogP contribution in [-0.2, 0) is 6.54 Å². The van der Waals surface area contributed by atoms with Gasteiger partial charge in [0.2, 0.25) is 0 Å². The maximum Gasteiger partial charge on any atom is 0.174 e. The Hall–Kier alpha value is -2.67. The molecule has 0 aromatic heterocycles. The van der Waals surface area contributed by atoms with Gasteiger partial charge in [0.25, 0.3) is 0 Å². The summed E-state index contributed by atoms with van der Waals surface area (Å²) in [6.45, 7) is 2.56. The molecule has 102 valence electrons. The molecule has 2 N–H and O–H groups in total. The minimum Gasteiger partial charge on any atom is -0.508 e. The fraction of sp³-hybridized carbons (Fsp3) is 0.188. The second kappa shape index (κ2) is 6.48. The second-order valence-electron chi connectivity index (χ2n) is 4.41. The number of para-hydroxylation sites is 1. The van der Waals surface area contributed by atoms with E-state index >= 15 is 0 Å². The van der Waals surface area contributed by atoms with Crippen LogP contribution in [-0.4, -0.2) is 11.7 Å². The highest BCUT2D eigenvalue weighted by Crippen LogP contribution is 2.23. The zero-order valence-corrected chi connectivity index (χ0v) is 11.3. The maximum atomic E-state index is 9.39. The van der Waals surface area contributed by atoms with Crippen molar-refractivity contribution < 1.29 is 9.84 Å². The number of rotatable bonds is 5. The molecular weight excluding hydrogens is 252 g/mol.